The first-order valence-electron chi connectivity index (χ1n) is 6.12. The van der Waals surface area contributed by atoms with Crippen molar-refractivity contribution in [1.82, 2.24) is 0 Å². The number of alkyl halides is 6. The minimum absolute atomic E-state index is 0.150. The van der Waals surface area contributed by atoms with E-state index in [1.807, 2.05) is 0 Å². The van der Waals surface area contributed by atoms with Crippen LogP contribution >= 0.6 is 0 Å². The van der Waals surface area contributed by atoms with Crippen LogP contribution in [-0.4, -0.2) is 28.2 Å². The Balaban J connectivity index is 4.95. The van der Waals surface area contributed by atoms with E-state index in [1.54, 1.807) is 13.8 Å². The van der Waals surface area contributed by atoms with Crippen molar-refractivity contribution < 1.29 is 26.3 Å². The summed E-state index contributed by atoms with van der Waals surface area (Å²) < 4.78 is 76.1. The third kappa shape index (κ3) is 6.26. The summed E-state index contributed by atoms with van der Waals surface area (Å²) in [7, 11) is -7.02. The molecule has 0 saturated carbocycles. The average Bonchev–Trinajstić information content (AvgIpc) is 2.17. The van der Waals surface area contributed by atoms with Crippen molar-refractivity contribution in [3.63, 3.8) is 0 Å². The molecule has 0 bridgehead atoms. The smallest absolute Gasteiger partial charge is 0.177 e. The Morgan fingerprint density at radius 3 is 1.33 bits per heavy atom. The van der Waals surface area contributed by atoms with Crippen LogP contribution in [0.4, 0.5) is 26.3 Å². The van der Waals surface area contributed by atoms with Crippen molar-refractivity contribution in [1.29, 1.82) is 0 Å². The highest BCUT2D eigenvalue weighted by Crippen LogP contribution is 2.36. The maximum Gasteiger partial charge on any atom is 0.366 e. The van der Waals surface area contributed by atoms with Gasteiger partial charge in [-0.25, -0.2) is 0 Å². The fourth-order valence-electron chi connectivity index (χ4n) is 1.87. The van der Waals surface area contributed by atoms with Crippen molar-refractivity contribution in [3.05, 3.63) is 0 Å². The summed E-state index contributed by atoms with van der Waals surface area (Å²) >= 11 is 0. The highest BCUT2D eigenvalue weighted by molar-refractivity contribution is 7.24. The second kappa shape index (κ2) is 7.57. The van der Waals surface area contributed by atoms with Crippen molar-refractivity contribution in [2.45, 2.75) is 63.2 Å². The summed E-state index contributed by atoms with van der Waals surface area (Å²) in [6.45, 7) is 3.58. The monoisotopic (exact) mass is 309 g/mol. The Labute approximate surface area is 107 Å². The fraction of sp³-hybridized carbons (Fsp3) is 1.00. The van der Waals surface area contributed by atoms with Crippen LogP contribution in [0.5, 0.6) is 0 Å². The molecule has 0 aromatic heterocycles. The molecule has 0 heterocycles. The van der Waals surface area contributed by atoms with Gasteiger partial charge in [-0.1, -0.05) is 51.6 Å². The third-order valence-electron chi connectivity index (χ3n) is 2.77. The molecule has 8 heteroatoms. The molecule has 0 aromatic rings. The first-order chi connectivity index (χ1) is 8.14. The molecular weight excluding hydrogens is 290 g/mol. The topological polar surface area (TPSA) is 0 Å². The minimum Gasteiger partial charge on any atom is -0.177 e. The number of rotatable bonds is 7. The molecule has 0 amide bonds. The molecule has 0 N–H and O–H groups in total. The second-order valence-corrected chi connectivity index (χ2v) is 13.1. The van der Waals surface area contributed by atoms with Gasteiger partial charge in [-0.15, -0.1) is 0 Å². The second-order valence-electron chi connectivity index (χ2n) is 4.38. The lowest BCUT2D eigenvalue weighted by atomic mass is 10.4. The molecule has 0 aliphatic heterocycles. The molecule has 0 unspecified atom stereocenters. The normalized spacial score (nSPS) is 13.7. The van der Waals surface area contributed by atoms with Crippen molar-refractivity contribution >= 4 is 16.6 Å². The van der Waals surface area contributed by atoms with Crippen LogP contribution < -0.4 is 0 Å². The summed E-state index contributed by atoms with van der Waals surface area (Å²) in [6, 6.07) is 0.300. The number of halogens is 6. The maximum absolute atomic E-state index is 12.7. The molecule has 0 aliphatic rings. The highest BCUT2D eigenvalue weighted by Gasteiger charge is 2.61. The quantitative estimate of drug-likeness (QED) is 0.476. The van der Waals surface area contributed by atoms with Gasteiger partial charge in [-0.3, -0.25) is 0 Å². The average molecular weight is 309 g/mol. The Morgan fingerprint density at radius 2 is 1.11 bits per heavy atom. The lowest BCUT2D eigenvalue weighted by Gasteiger charge is -2.28. The van der Waals surface area contributed by atoms with Gasteiger partial charge in [0.05, 0.1) is 8.31 Å². The highest BCUT2D eigenvalue weighted by atomic mass is 29.2. The molecule has 0 nitrogen and oxygen atoms in total. The molecule has 0 fully saturated rings. The molecule has 0 aliphatic carbocycles. The van der Waals surface area contributed by atoms with Crippen LogP contribution in [0.3, 0.4) is 0 Å². The third-order valence-corrected chi connectivity index (χ3v) is 13.0. The van der Waals surface area contributed by atoms with Gasteiger partial charge in [0, 0.05) is 0 Å². The number of hydrogen-bond donors (Lipinski definition) is 0. The SMILES string of the molecule is CCCC[Si](CCCC)[SiH](C(F)(F)F)C(F)(F)F. The Bertz CT molecular complexity index is 203. The Kier molecular flexibility index (Phi) is 7.57. The molecule has 18 heavy (non-hydrogen) atoms. The van der Waals surface area contributed by atoms with Crippen LogP contribution in [-0.2, 0) is 0 Å². The maximum atomic E-state index is 12.7. The van der Waals surface area contributed by atoms with Crippen molar-refractivity contribution in [3.8, 4) is 0 Å². The van der Waals surface area contributed by atoms with Gasteiger partial charge in [0.1, 0.15) is 0 Å². The predicted octanol–water partition coefficient (Wildman–Crippen LogP) is 4.59. The van der Waals surface area contributed by atoms with Gasteiger partial charge in [0.2, 0.25) is 0 Å². The Hall–Kier alpha value is 0.0138. The zero-order chi connectivity index (χ0) is 14.4. The Morgan fingerprint density at radius 1 is 0.778 bits per heavy atom. The first kappa shape index (κ1) is 18.0. The lowest BCUT2D eigenvalue weighted by molar-refractivity contribution is -0.0994. The molecule has 0 aromatic carbocycles. The molecule has 0 saturated heterocycles. The van der Waals surface area contributed by atoms with Gasteiger partial charge in [0.15, 0.2) is 0 Å². The first-order valence-corrected chi connectivity index (χ1v) is 11.0. The zero-order valence-corrected chi connectivity index (χ0v) is 12.7. The molecule has 1 radical (unpaired) electrons. The predicted molar refractivity (Wildman–Crippen MR) is 64.4 cm³/mol. The minimum atomic E-state index is -5.02. The van der Waals surface area contributed by atoms with Crippen LogP contribution in [0.2, 0.25) is 12.1 Å². The summed E-state index contributed by atoms with van der Waals surface area (Å²) in [5.41, 5.74) is 0. The summed E-state index contributed by atoms with van der Waals surface area (Å²) in [5, 5.41) is 0. The van der Waals surface area contributed by atoms with Gasteiger partial charge in [0.25, 0.3) is 8.31 Å². The molecular formula is C10H19F6Si2. The van der Waals surface area contributed by atoms with E-state index < -0.39 is 28.2 Å². The van der Waals surface area contributed by atoms with Gasteiger partial charge < -0.3 is 0 Å². The zero-order valence-electron chi connectivity index (χ0n) is 10.6. The summed E-state index contributed by atoms with van der Waals surface area (Å²) in [4.78, 5) is 0. The molecule has 0 rings (SSSR count). The van der Waals surface area contributed by atoms with Crippen LogP contribution in [0, 0.1) is 0 Å². The van der Waals surface area contributed by atoms with Gasteiger partial charge in [-0.2, -0.15) is 26.3 Å². The van der Waals surface area contributed by atoms with E-state index in [-0.39, 0.29) is 12.1 Å². The van der Waals surface area contributed by atoms with E-state index in [2.05, 4.69) is 0 Å². The van der Waals surface area contributed by atoms with E-state index in [0.717, 1.165) is 0 Å². The van der Waals surface area contributed by atoms with E-state index in [9.17, 15) is 26.3 Å². The van der Waals surface area contributed by atoms with E-state index in [0.29, 0.717) is 25.7 Å². The fourth-order valence-corrected chi connectivity index (χ4v) is 11.3. The van der Waals surface area contributed by atoms with E-state index in [1.165, 1.54) is 0 Å². The number of unbranched alkanes of at least 4 members (excludes halogenated alkanes) is 2. The van der Waals surface area contributed by atoms with Crippen LogP contribution in [0.15, 0.2) is 0 Å². The number of hydrogen-bond acceptors (Lipinski definition) is 0. The van der Waals surface area contributed by atoms with Crippen molar-refractivity contribution in [2.75, 3.05) is 0 Å². The summed E-state index contributed by atoms with van der Waals surface area (Å²) in [5.74, 6) is -10.0. The van der Waals surface area contributed by atoms with Gasteiger partial charge in [-0.05, 0) is 0 Å². The lowest BCUT2D eigenvalue weighted by Crippen LogP contribution is -2.58. The van der Waals surface area contributed by atoms with Crippen molar-refractivity contribution in [2.24, 2.45) is 0 Å². The van der Waals surface area contributed by atoms with E-state index in [4.69, 9.17) is 0 Å². The van der Waals surface area contributed by atoms with E-state index >= 15 is 0 Å². The molecule has 0 atom stereocenters. The van der Waals surface area contributed by atoms with Crippen LogP contribution in [0.25, 0.3) is 0 Å². The van der Waals surface area contributed by atoms with Gasteiger partial charge >= 0.3 is 11.6 Å². The summed E-state index contributed by atoms with van der Waals surface area (Å²) in [6.07, 6.45) is 2.26. The van der Waals surface area contributed by atoms with Crippen LogP contribution in [0.1, 0.15) is 39.5 Å². The standard InChI is InChI=1S/C10H19F6Si2/c1-3-5-7-17(8-6-4-2)18(9(11,12)13)10(14,15)16/h18H,3-8H2,1-2H3. The molecule has 109 valence electrons. The molecule has 0 spiro atoms. The largest absolute Gasteiger partial charge is 0.366 e.